The Morgan fingerprint density at radius 1 is 1.20 bits per heavy atom. The Labute approximate surface area is 150 Å². The van der Waals surface area contributed by atoms with E-state index in [-0.39, 0.29) is 0 Å². The number of carbonyl (C=O) groups excluding carboxylic acids is 1. The average Bonchev–Trinajstić information content (AvgIpc) is 3.23. The van der Waals surface area contributed by atoms with Gasteiger partial charge in [0.25, 0.3) is 0 Å². The molecular weight excluding hydrogens is 314 g/mol. The van der Waals surface area contributed by atoms with Gasteiger partial charge in [-0.05, 0) is 37.2 Å². The lowest BCUT2D eigenvalue weighted by Gasteiger charge is -2.33. The van der Waals surface area contributed by atoms with Gasteiger partial charge in [0, 0.05) is 49.0 Å². The van der Waals surface area contributed by atoms with Crippen LogP contribution in [0.25, 0.3) is 0 Å². The Kier molecular flexibility index (Phi) is 4.61. The Hall–Kier alpha value is -1.71. The summed E-state index contributed by atoms with van der Waals surface area (Å²) < 4.78 is 11.8. The van der Waals surface area contributed by atoms with Crippen LogP contribution < -0.4 is 9.47 Å². The summed E-state index contributed by atoms with van der Waals surface area (Å²) in [6.45, 7) is 7.64. The fourth-order valence-corrected chi connectivity index (χ4v) is 4.45. The minimum absolute atomic E-state index is 0.326. The predicted molar refractivity (Wildman–Crippen MR) is 97.3 cm³/mol. The zero-order valence-corrected chi connectivity index (χ0v) is 15.5. The van der Waals surface area contributed by atoms with Crippen molar-refractivity contribution >= 4 is 5.91 Å². The third-order valence-electron chi connectivity index (χ3n) is 5.80. The van der Waals surface area contributed by atoms with Crippen LogP contribution in [0.1, 0.15) is 49.8 Å². The largest absolute Gasteiger partial charge is 0.493 e. The number of hydrogen-bond donors (Lipinski definition) is 0. The van der Waals surface area contributed by atoms with Gasteiger partial charge in [-0.15, -0.1) is 0 Å². The summed E-state index contributed by atoms with van der Waals surface area (Å²) in [4.78, 5) is 14.3. The number of hydrogen-bond acceptors (Lipinski definition) is 3. The van der Waals surface area contributed by atoms with Crippen LogP contribution in [0.3, 0.4) is 0 Å². The van der Waals surface area contributed by atoms with Gasteiger partial charge in [0.05, 0.1) is 13.2 Å². The van der Waals surface area contributed by atoms with Crippen LogP contribution in [-0.2, 0) is 24.1 Å². The first-order chi connectivity index (χ1) is 12.1. The van der Waals surface area contributed by atoms with E-state index in [9.17, 15) is 4.79 Å². The monoisotopic (exact) mass is 343 g/mol. The maximum absolute atomic E-state index is 12.3. The third kappa shape index (κ3) is 3.36. The number of fused-ring (bicyclic) bond motifs is 2. The maximum Gasteiger partial charge on any atom is 0.222 e. The van der Waals surface area contributed by atoms with Gasteiger partial charge in [-0.3, -0.25) is 4.79 Å². The van der Waals surface area contributed by atoms with Gasteiger partial charge in [-0.25, -0.2) is 0 Å². The molecule has 0 saturated carbocycles. The first-order valence-electron chi connectivity index (χ1n) is 9.83. The SMILES string of the molecule is CC(C)CC(=O)N1CCC(Cc2c3c(cc4c2OCC4)OCC3)CC1. The second-order valence-electron chi connectivity index (χ2n) is 8.14. The van der Waals surface area contributed by atoms with Crippen molar-refractivity contribution < 1.29 is 14.3 Å². The highest BCUT2D eigenvalue weighted by Gasteiger charge is 2.30. The summed E-state index contributed by atoms with van der Waals surface area (Å²) in [5, 5.41) is 0. The molecule has 0 aromatic heterocycles. The molecule has 1 fully saturated rings. The van der Waals surface area contributed by atoms with Gasteiger partial charge in [0.1, 0.15) is 11.5 Å². The second kappa shape index (κ2) is 6.89. The molecule has 0 spiro atoms. The minimum atomic E-state index is 0.326. The molecular formula is C21H29NO3. The lowest BCUT2D eigenvalue weighted by atomic mass is 9.86. The van der Waals surface area contributed by atoms with E-state index < -0.39 is 0 Å². The summed E-state index contributed by atoms with van der Waals surface area (Å²) in [5.41, 5.74) is 4.09. The summed E-state index contributed by atoms with van der Waals surface area (Å²) >= 11 is 0. The van der Waals surface area contributed by atoms with Gasteiger partial charge in [-0.1, -0.05) is 13.8 Å². The topological polar surface area (TPSA) is 38.8 Å². The number of rotatable bonds is 4. The van der Waals surface area contributed by atoms with E-state index in [1.165, 1.54) is 16.7 Å². The molecule has 3 aliphatic rings. The molecule has 4 heteroatoms. The lowest BCUT2D eigenvalue weighted by Crippen LogP contribution is -2.39. The molecule has 1 aromatic carbocycles. The fraction of sp³-hybridized carbons (Fsp3) is 0.667. The van der Waals surface area contributed by atoms with E-state index >= 15 is 0 Å². The van der Waals surface area contributed by atoms with E-state index in [4.69, 9.17) is 9.47 Å². The van der Waals surface area contributed by atoms with Crippen LogP contribution in [-0.4, -0.2) is 37.1 Å². The Bertz CT molecular complexity index is 627. The first kappa shape index (κ1) is 16.7. The smallest absolute Gasteiger partial charge is 0.222 e. The highest BCUT2D eigenvalue weighted by Crippen LogP contribution is 2.42. The molecule has 3 aliphatic heterocycles. The predicted octanol–water partition coefficient (Wildman–Crippen LogP) is 3.38. The van der Waals surface area contributed by atoms with E-state index in [0.29, 0.717) is 24.2 Å². The molecule has 0 unspecified atom stereocenters. The number of nitrogens with zero attached hydrogens (tertiary/aromatic N) is 1. The van der Waals surface area contributed by atoms with Crippen molar-refractivity contribution in [2.75, 3.05) is 26.3 Å². The summed E-state index contributed by atoms with van der Waals surface area (Å²) in [5.74, 6) is 3.64. The molecule has 0 aliphatic carbocycles. The summed E-state index contributed by atoms with van der Waals surface area (Å²) in [6.07, 6.45) is 5.96. The molecule has 1 amide bonds. The molecule has 1 saturated heterocycles. The van der Waals surface area contributed by atoms with Crippen LogP contribution in [0, 0.1) is 11.8 Å². The van der Waals surface area contributed by atoms with Crippen LogP contribution in [0.15, 0.2) is 6.07 Å². The van der Waals surface area contributed by atoms with Crippen LogP contribution in [0.5, 0.6) is 11.5 Å². The molecule has 0 bridgehead atoms. The number of likely N-dealkylation sites (tertiary alicyclic amines) is 1. The zero-order chi connectivity index (χ0) is 17.4. The van der Waals surface area contributed by atoms with Crippen molar-refractivity contribution in [3.05, 3.63) is 22.8 Å². The fourth-order valence-electron chi connectivity index (χ4n) is 4.45. The van der Waals surface area contributed by atoms with Gasteiger partial charge >= 0.3 is 0 Å². The zero-order valence-electron chi connectivity index (χ0n) is 15.5. The normalized spacial score (nSPS) is 19.6. The van der Waals surface area contributed by atoms with E-state index in [2.05, 4.69) is 24.8 Å². The van der Waals surface area contributed by atoms with Crippen molar-refractivity contribution in [1.82, 2.24) is 4.90 Å². The number of carbonyl (C=O) groups is 1. The molecule has 0 radical (unpaired) electrons. The van der Waals surface area contributed by atoms with Crippen molar-refractivity contribution in [2.45, 2.75) is 52.4 Å². The number of ether oxygens (including phenoxy) is 2. The van der Waals surface area contributed by atoms with Crippen molar-refractivity contribution in [2.24, 2.45) is 11.8 Å². The molecule has 25 heavy (non-hydrogen) atoms. The minimum Gasteiger partial charge on any atom is -0.493 e. The number of benzene rings is 1. The van der Waals surface area contributed by atoms with Crippen LogP contribution >= 0.6 is 0 Å². The number of piperidine rings is 1. The lowest BCUT2D eigenvalue weighted by molar-refractivity contribution is -0.133. The third-order valence-corrected chi connectivity index (χ3v) is 5.80. The quantitative estimate of drug-likeness (QED) is 0.841. The van der Waals surface area contributed by atoms with Crippen molar-refractivity contribution in [1.29, 1.82) is 0 Å². The van der Waals surface area contributed by atoms with E-state index in [1.54, 1.807) is 0 Å². The molecule has 136 valence electrons. The molecule has 0 N–H and O–H groups in total. The van der Waals surface area contributed by atoms with Crippen molar-refractivity contribution in [3.63, 3.8) is 0 Å². The molecule has 1 aromatic rings. The highest BCUT2D eigenvalue weighted by molar-refractivity contribution is 5.76. The van der Waals surface area contributed by atoms with Crippen LogP contribution in [0.2, 0.25) is 0 Å². The van der Waals surface area contributed by atoms with Gasteiger partial charge < -0.3 is 14.4 Å². The molecule has 4 nitrogen and oxygen atoms in total. The maximum atomic E-state index is 12.3. The molecule has 3 heterocycles. The summed E-state index contributed by atoms with van der Waals surface area (Å²) in [6, 6.07) is 2.20. The summed E-state index contributed by atoms with van der Waals surface area (Å²) in [7, 11) is 0. The van der Waals surface area contributed by atoms with Gasteiger partial charge in [-0.2, -0.15) is 0 Å². The molecule has 4 rings (SSSR count). The van der Waals surface area contributed by atoms with Gasteiger partial charge in [0.2, 0.25) is 5.91 Å². The van der Waals surface area contributed by atoms with Gasteiger partial charge in [0.15, 0.2) is 0 Å². The highest BCUT2D eigenvalue weighted by atomic mass is 16.5. The average molecular weight is 343 g/mol. The van der Waals surface area contributed by atoms with Crippen molar-refractivity contribution in [3.8, 4) is 11.5 Å². The van der Waals surface area contributed by atoms with E-state index in [0.717, 1.165) is 69.9 Å². The standard InChI is InChI=1S/C21H29NO3/c1-14(2)11-20(23)22-7-3-15(4-8-22)12-18-17-6-10-24-19(17)13-16-5-9-25-21(16)18/h13-15H,3-12H2,1-2H3. The first-order valence-corrected chi connectivity index (χ1v) is 9.83. The second-order valence-corrected chi connectivity index (χ2v) is 8.14. The Balaban J connectivity index is 1.44. The Morgan fingerprint density at radius 2 is 1.96 bits per heavy atom. The number of amides is 1. The van der Waals surface area contributed by atoms with Crippen LogP contribution in [0.4, 0.5) is 0 Å². The van der Waals surface area contributed by atoms with E-state index in [1.807, 2.05) is 0 Å². The Morgan fingerprint density at radius 3 is 2.72 bits per heavy atom. The molecule has 0 atom stereocenters.